The van der Waals surface area contributed by atoms with Gasteiger partial charge >= 0.3 is 33.6 Å². The van der Waals surface area contributed by atoms with Gasteiger partial charge in [-0.25, -0.2) is 9.13 Å². The molecule has 0 saturated heterocycles. The fourth-order valence-electron chi connectivity index (χ4n) is 7.53. The van der Waals surface area contributed by atoms with Crippen molar-refractivity contribution in [1.29, 1.82) is 0 Å². The molecule has 0 heterocycles. The molecule has 0 rings (SSSR count). The molecule has 0 spiro atoms. The Bertz CT molecular complexity index is 2000. The van der Waals surface area contributed by atoms with Crippen LogP contribution in [-0.2, 0) is 55.8 Å². The third-order valence-electron chi connectivity index (χ3n) is 12.2. The molecule has 4 N–H and O–H groups in total. The minimum Gasteiger partial charge on any atom is -0.463 e. The van der Waals surface area contributed by atoms with Crippen LogP contribution in [0.15, 0.2) is 122 Å². The molecule has 0 bridgehead atoms. The van der Waals surface area contributed by atoms with Crippen molar-refractivity contribution in [1.82, 2.24) is 0 Å². The van der Waals surface area contributed by atoms with Gasteiger partial charge in [0.05, 0.1) is 26.4 Å². The molecule has 0 saturated carbocycles. The SMILES string of the molecule is CC/C=C\C/C=C\C/C=C\C/C=C\CCCCCCC(=O)OCC(O)COP(=O)(O)OCC(O)COP(=O)(O)OCC(COC(=O)CCCCCCC/C=C\C/C=C\C/C=C\CC)OC(=O)CCCCCCC/C=C\C/C=C\C/C=C\CC. The van der Waals surface area contributed by atoms with Gasteiger partial charge in [-0.1, -0.05) is 194 Å². The van der Waals surface area contributed by atoms with Crippen LogP contribution in [0.25, 0.3) is 0 Å². The Kier molecular flexibility index (Phi) is 55.5. The smallest absolute Gasteiger partial charge is 0.463 e. The summed E-state index contributed by atoms with van der Waals surface area (Å²) in [6.07, 6.45) is 64.1. The van der Waals surface area contributed by atoms with Crippen molar-refractivity contribution in [2.45, 2.75) is 232 Å². The van der Waals surface area contributed by atoms with Gasteiger partial charge in [0, 0.05) is 19.3 Å². The molecule has 0 amide bonds. The summed E-state index contributed by atoms with van der Waals surface area (Å²) in [6, 6.07) is 0. The second-order valence-corrected chi connectivity index (χ2v) is 23.0. The summed E-state index contributed by atoms with van der Waals surface area (Å²) in [5.41, 5.74) is 0. The third kappa shape index (κ3) is 59.5. The van der Waals surface area contributed by atoms with E-state index in [-0.39, 0.29) is 19.3 Å². The van der Waals surface area contributed by atoms with Gasteiger partial charge in [0.15, 0.2) is 6.10 Å². The first kappa shape index (κ1) is 79.0. The van der Waals surface area contributed by atoms with Gasteiger partial charge in [-0.05, 0) is 122 Å². The second-order valence-electron chi connectivity index (χ2n) is 20.1. The maximum absolute atomic E-state index is 12.9. The zero-order valence-electron chi connectivity index (χ0n) is 50.8. The van der Waals surface area contributed by atoms with Gasteiger partial charge in [-0.3, -0.25) is 32.5 Å². The monoisotopic (exact) mass is 1210 g/mol. The molecule has 0 aliphatic carbocycles. The van der Waals surface area contributed by atoms with Crippen molar-refractivity contribution in [3.8, 4) is 0 Å². The number of hydrogen-bond acceptors (Lipinski definition) is 14. The van der Waals surface area contributed by atoms with Crippen LogP contribution in [0.2, 0.25) is 0 Å². The van der Waals surface area contributed by atoms with Crippen LogP contribution in [0.5, 0.6) is 0 Å². The Morgan fingerprint density at radius 1 is 0.337 bits per heavy atom. The Morgan fingerprint density at radius 2 is 0.602 bits per heavy atom. The summed E-state index contributed by atoms with van der Waals surface area (Å²) in [4.78, 5) is 58.2. The Balaban J connectivity index is 4.76. The average molecular weight is 1210 g/mol. The molecule has 83 heavy (non-hydrogen) atoms. The van der Waals surface area contributed by atoms with Gasteiger partial charge in [0.25, 0.3) is 0 Å². The number of phosphoric ester groups is 2. The zero-order valence-corrected chi connectivity index (χ0v) is 52.6. The third-order valence-corrected chi connectivity index (χ3v) is 14.1. The minimum absolute atomic E-state index is 0.0769. The Labute approximate surface area is 500 Å². The number of carbonyl (C=O) groups is 3. The molecule has 0 fully saturated rings. The number of allylic oxidation sites excluding steroid dienone is 20. The number of esters is 3. The summed E-state index contributed by atoms with van der Waals surface area (Å²) in [7, 11) is -9.79. The van der Waals surface area contributed by atoms with Crippen LogP contribution in [-0.4, -0.2) is 95.9 Å². The lowest BCUT2D eigenvalue weighted by Crippen LogP contribution is -2.30. The van der Waals surface area contributed by atoms with Crippen molar-refractivity contribution < 1.29 is 75.8 Å². The molecule has 0 aromatic rings. The molecule has 0 aromatic carbocycles. The highest BCUT2D eigenvalue weighted by Gasteiger charge is 2.29. The lowest BCUT2D eigenvalue weighted by Gasteiger charge is -2.21. The number of rotatable bonds is 57. The van der Waals surface area contributed by atoms with Gasteiger partial charge in [0.2, 0.25) is 0 Å². The fraction of sp³-hybridized carbons (Fsp3) is 0.646. The summed E-state index contributed by atoms with van der Waals surface area (Å²) >= 11 is 0. The van der Waals surface area contributed by atoms with E-state index in [2.05, 4.69) is 142 Å². The van der Waals surface area contributed by atoms with Crippen molar-refractivity contribution in [2.24, 2.45) is 0 Å². The quantitative estimate of drug-likeness (QED) is 0.0146. The first-order valence-corrected chi connectivity index (χ1v) is 33.8. The summed E-state index contributed by atoms with van der Waals surface area (Å²) in [5.74, 6) is -1.65. The topological polar surface area (TPSA) is 231 Å². The van der Waals surface area contributed by atoms with E-state index in [1.807, 2.05) is 0 Å². The van der Waals surface area contributed by atoms with Gasteiger partial charge in [0.1, 0.15) is 25.4 Å². The molecule has 0 aliphatic heterocycles. The molecule has 16 nitrogen and oxygen atoms in total. The van der Waals surface area contributed by atoms with Crippen LogP contribution >= 0.6 is 15.6 Å². The highest BCUT2D eigenvalue weighted by molar-refractivity contribution is 7.47. The maximum atomic E-state index is 12.9. The van der Waals surface area contributed by atoms with Crippen LogP contribution in [0.3, 0.4) is 0 Å². The first-order valence-electron chi connectivity index (χ1n) is 30.8. The number of aliphatic hydroxyl groups excluding tert-OH is 2. The predicted molar refractivity (Wildman–Crippen MR) is 334 cm³/mol. The molecule has 5 atom stereocenters. The van der Waals surface area contributed by atoms with E-state index in [1.165, 1.54) is 0 Å². The van der Waals surface area contributed by atoms with E-state index in [0.717, 1.165) is 154 Å². The molecule has 0 aromatic heterocycles. The molecule has 0 radical (unpaired) electrons. The highest BCUT2D eigenvalue weighted by atomic mass is 31.2. The van der Waals surface area contributed by atoms with E-state index in [1.54, 1.807) is 0 Å². The van der Waals surface area contributed by atoms with Crippen LogP contribution in [0.4, 0.5) is 0 Å². The van der Waals surface area contributed by atoms with Gasteiger partial charge in [-0.15, -0.1) is 0 Å². The highest BCUT2D eigenvalue weighted by Crippen LogP contribution is 2.45. The number of carbonyl (C=O) groups excluding carboxylic acids is 3. The average Bonchev–Trinajstić information content (AvgIpc) is 3.47. The maximum Gasteiger partial charge on any atom is 0.472 e. The van der Waals surface area contributed by atoms with Crippen LogP contribution in [0.1, 0.15) is 213 Å². The number of hydrogen-bond donors (Lipinski definition) is 4. The molecule has 5 unspecified atom stereocenters. The predicted octanol–water partition coefficient (Wildman–Crippen LogP) is 16.3. The van der Waals surface area contributed by atoms with Crippen molar-refractivity contribution >= 4 is 33.6 Å². The fourth-order valence-corrected chi connectivity index (χ4v) is 9.11. The largest absolute Gasteiger partial charge is 0.472 e. The standard InChI is InChI=1S/C65H108O16P2/c1-4-7-10-13-16-19-22-25-28-29-32-34-36-39-42-45-48-51-63(68)75-54-60(66)55-77-82(71,72)78-56-61(67)57-79-83(73,74)80-59-62(81-65(70)53-50-47-44-41-38-35-31-27-24-21-18-15-12-9-6-3)58-76-64(69)52-49-46-43-40-37-33-30-26-23-20-17-14-11-8-5-2/h7-12,16-21,25-28,30-32,34,60-62,66-67H,4-6,13-15,22-24,29,33,35-59H2,1-3H3,(H,71,72)(H,73,74)/b10-7-,11-8-,12-9-,19-16-,20-17-,21-18-,28-25-,30-26-,31-27-,34-32-. The van der Waals surface area contributed by atoms with E-state index in [9.17, 15) is 43.5 Å². The molecular formula is C65H108O16P2. The lowest BCUT2D eigenvalue weighted by molar-refractivity contribution is -0.161. The molecule has 18 heteroatoms. The summed E-state index contributed by atoms with van der Waals surface area (Å²) < 4.78 is 60.6. The number of unbranched alkanes of at least 4 members (excludes halogenated alkanes) is 14. The van der Waals surface area contributed by atoms with Crippen LogP contribution < -0.4 is 0 Å². The van der Waals surface area contributed by atoms with Crippen molar-refractivity contribution in [2.75, 3.05) is 39.6 Å². The van der Waals surface area contributed by atoms with Crippen LogP contribution in [0, 0.1) is 0 Å². The lowest BCUT2D eigenvalue weighted by atomic mass is 10.1. The molecule has 474 valence electrons. The van der Waals surface area contributed by atoms with E-state index in [0.29, 0.717) is 19.3 Å². The summed E-state index contributed by atoms with van der Waals surface area (Å²) in [6.45, 7) is 2.22. The van der Waals surface area contributed by atoms with Crippen molar-refractivity contribution in [3.63, 3.8) is 0 Å². The van der Waals surface area contributed by atoms with E-state index < -0.39 is 91.5 Å². The van der Waals surface area contributed by atoms with E-state index >= 15 is 0 Å². The number of phosphoric acid groups is 2. The van der Waals surface area contributed by atoms with E-state index in [4.69, 9.17) is 32.3 Å². The van der Waals surface area contributed by atoms with Gasteiger partial charge in [-0.2, -0.15) is 0 Å². The van der Waals surface area contributed by atoms with Crippen molar-refractivity contribution in [3.05, 3.63) is 122 Å². The first-order chi connectivity index (χ1) is 40.2. The minimum atomic E-state index is -4.93. The normalized spacial score (nSPS) is 15.2. The molecular weight excluding hydrogens is 1100 g/mol. The number of aliphatic hydroxyl groups is 2. The summed E-state index contributed by atoms with van der Waals surface area (Å²) in [5, 5.41) is 20.5. The number of ether oxygens (including phenoxy) is 3. The zero-order chi connectivity index (χ0) is 61.0. The molecule has 0 aliphatic rings. The van der Waals surface area contributed by atoms with Gasteiger partial charge < -0.3 is 34.2 Å². The second kappa shape index (κ2) is 58.3. The Hall–Kier alpha value is -4.05. The Morgan fingerprint density at radius 3 is 0.952 bits per heavy atom.